The molecule has 0 bridgehead atoms. The zero-order chi connectivity index (χ0) is 12.6. The highest BCUT2D eigenvalue weighted by molar-refractivity contribution is 6.21. The minimum Gasteiger partial charge on any atom is -0.313 e. The zero-order valence-corrected chi connectivity index (χ0v) is 11.8. The lowest BCUT2D eigenvalue weighted by Gasteiger charge is -2.28. The van der Waals surface area contributed by atoms with Gasteiger partial charge in [-0.2, -0.15) is 0 Å². The van der Waals surface area contributed by atoms with Crippen molar-refractivity contribution in [2.24, 2.45) is 0 Å². The molecule has 100 valence electrons. The minimum atomic E-state index is 0.355. The van der Waals surface area contributed by atoms with Crippen LogP contribution >= 0.6 is 11.6 Å². The Morgan fingerprint density at radius 1 is 1.06 bits per heavy atom. The van der Waals surface area contributed by atoms with E-state index in [-0.39, 0.29) is 0 Å². The van der Waals surface area contributed by atoms with Crippen molar-refractivity contribution in [3.8, 4) is 0 Å². The third-order valence-corrected chi connectivity index (χ3v) is 4.35. The molecule has 2 heteroatoms. The average molecular weight is 266 g/mol. The maximum atomic E-state index is 6.33. The van der Waals surface area contributed by atoms with Gasteiger partial charge in [-0.05, 0) is 44.2 Å². The number of alkyl halides is 1. The van der Waals surface area contributed by atoms with E-state index >= 15 is 0 Å². The highest BCUT2D eigenvalue weighted by Crippen LogP contribution is 2.22. The van der Waals surface area contributed by atoms with E-state index in [4.69, 9.17) is 11.6 Å². The van der Waals surface area contributed by atoms with E-state index in [1.165, 1.54) is 50.5 Å². The second kappa shape index (κ2) is 7.81. The lowest BCUT2D eigenvalue weighted by atomic mass is 9.95. The maximum Gasteiger partial charge on any atom is 0.0489 e. The second-order valence-electron chi connectivity index (χ2n) is 5.30. The lowest BCUT2D eigenvalue weighted by Crippen LogP contribution is -2.39. The molecule has 1 aliphatic carbocycles. The summed E-state index contributed by atoms with van der Waals surface area (Å²) in [4.78, 5) is 0. The Labute approximate surface area is 116 Å². The molecule has 1 N–H and O–H groups in total. The molecule has 1 aliphatic rings. The molecule has 1 fully saturated rings. The monoisotopic (exact) mass is 265 g/mol. The van der Waals surface area contributed by atoms with Gasteiger partial charge < -0.3 is 5.32 Å². The smallest absolute Gasteiger partial charge is 0.0489 e. The summed E-state index contributed by atoms with van der Waals surface area (Å²) in [5, 5.41) is 3.98. The molecule has 1 aromatic rings. The van der Waals surface area contributed by atoms with Gasteiger partial charge in [0.1, 0.15) is 0 Å². The molecule has 18 heavy (non-hydrogen) atoms. The van der Waals surface area contributed by atoms with Gasteiger partial charge in [-0.3, -0.25) is 0 Å². The summed E-state index contributed by atoms with van der Waals surface area (Å²) < 4.78 is 0. The van der Waals surface area contributed by atoms with Crippen LogP contribution in [0.5, 0.6) is 0 Å². The molecule has 0 radical (unpaired) electrons. The van der Waals surface area contributed by atoms with Crippen LogP contribution in [0.4, 0.5) is 0 Å². The fraction of sp³-hybridized carbons (Fsp3) is 0.625. The molecule has 1 nitrogen and oxygen atoms in total. The van der Waals surface area contributed by atoms with E-state index in [2.05, 4.69) is 35.6 Å². The fourth-order valence-electron chi connectivity index (χ4n) is 2.70. The number of halogens is 1. The van der Waals surface area contributed by atoms with Crippen molar-refractivity contribution in [3.63, 3.8) is 0 Å². The highest BCUT2D eigenvalue weighted by Gasteiger charge is 2.21. The van der Waals surface area contributed by atoms with Crippen LogP contribution in [0.3, 0.4) is 0 Å². The molecule has 0 aliphatic heterocycles. The summed E-state index contributed by atoms with van der Waals surface area (Å²) in [6, 6.07) is 11.3. The van der Waals surface area contributed by atoms with E-state index in [9.17, 15) is 0 Å². The SMILES string of the molecule is ClC1CCCCC1NCCCCc1ccccc1. The van der Waals surface area contributed by atoms with Crippen LogP contribution in [0.25, 0.3) is 0 Å². The van der Waals surface area contributed by atoms with Gasteiger partial charge in [-0.15, -0.1) is 11.6 Å². The summed E-state index contributed by atoms with van der Waals surface area (Å²) in [7, 11) is 0. The molecule has 0 aromatic heterocycles. The van der Waals surface area contributed by atoms with Crippen LogP contribution in [0, 0.1) is 0 Å². The summed E-state index contributed by atoms with van der Waals surface area (Å²) in [5.41, 5.74) is 1.45. The van der Waals surface area contributed by atoms with Gasteiger partial charge >= 0.3 is 0 Å². The van der Waals surface area contributed by atoms with E-state index in [1.807, 2.05) is 0 Å². The summed E-state index contributed by atoms with van der Waals surface area (Å²) in [5.74, 6) is 0. The second-order valence-corrected chi connectivity index (χ2v) is 5.86. The van der Waals surface area contributed by atoms with Crippen LogP contribution in [0.15, 0.2) is 30.3 Å². The number of hydrogen-bond donors (Lipinski definition) is 1. The van der Waals surface area contributed by atoms with Crippen LogP contribution in [0.2, 0.25) is 0 Å². The molecule has 0 saturated heterocycles. The van der Waals surface area contributed by atoms with Crippen LogP contribution < -0.4 is 5.32 Å². The Morgan fingerprint density at radius 2 is 1.83 bits per heavy atom. The lowest BCUT2D eigenvalue weighted by molar-refractivity contribution is 0.377. The standard InChI is InChI=1S/C16H24ClN/c17-15-11-4-5-12-16(15)18-13-7-6-10-14-8-2-1-3-9-14/h1-3,8-9,15-16,18H,4-7,10-13H2. The molecule has 0 amide bonds. The predicted molar refractivity (Wildman–Crippen MR) is 79.3 cm³/mol. The summed E-state index contributed by atoms with van der Waals surface area (Å²) >= 11 is 6.33. The molecule has 1 aromatic carbocycles. The Morgan fingerprint density at radius 3 is 2.61 bits per heavy atom. The van der Waals surface area contributed by atoms with Crippen molar-refractivity contribution >= 4 is 11.6 Å². The third-order valence-electron chi connectivity index (χ3n) is 3.82. The van der Waals surface area contributed by atoms with Crippen molar-refractivity contribution in [1.82, 2.24) is 5.32 Å². The van der Waals surface area contributed by atoms with Crippen molar-refractivity contribution in [1.29, 1.82) is 0 Å². The van der Waals surface area contributed by atoms with Crippen molar-refractivity contribution < 1.29 is 0 Å². The van der Waals surface area contributed by atoms with Gasteiger partial charge in [0.05, 0.1) is 0 Å². The normalized spacial score (nSPS) is 24.1. The summed E-state index contributed by atoms with van der Waals surface area (Å²) in [6.45, 7) is 1.11. The minimum absolute atomic E-state index is 0.355. The van der Waals surface area contributed by atoms with E-state index < -0.39 is 0 Å². The van der Waals surface area contributed by atoms with E-state index in [0.717, 1.165) is 6.54 Å². The third kappa shape index (κ3) is 4.62. The average Bonchev–Trinajstić information content (AvgIpc) is 2.42. The fourth-order valence-corrected chi connectivity index (χ4v) is 3.07. The molecule has 0 heterocycles. The largest absolute Gasteiger partial charge is 0.313 e. The Balaban J connectivity index is 1.56. The Bertz CT molecular complexity index is 325. The number of benzene rings is 1. The predicted octanol–water partition coefficient (Wildman–Crippen LogP) is 4.15. The zero-order valence-electron chi connectivity index (χ0n) is 11.1. The first-order valence-corrected chi connectivity index (χ1v) is 7.71. The number of unbranched alkanes of at least 4 members (excludes halogenated alkanes) is 1. The summed E-state index contributed by atoms with van der Waals surface area (Å²) in [6.07, 6.45) is 8.78. The van der Waals surface area contributed by atoms with Crippen molar-refractivity contribution in [2.45, 2.75) is 56.4 Å². The highest BCUT2D eigenvalue weighted by atomic mass is 35.5. The topological polar surface area (TPSA) is 12.0 Å². The maximum absolute atomic E-state index is 6.33. The van der Waals surface area contributed by atoms with Crippen LogP contribution in [-0.2, 0) is 6.42 Å². The van der Waals surface area contributed by atoms with Crippen LogP contribution in [-0.4, -0.2) is 18.0 Å². The van der Waals surface area contributed by atoms with Gasteiger partial charge in [0.15, 0.2) is 0 Å². The van der Waals surface area contributed by atoms with E-state index in [1.54, 1.807) is 0 Å². The van der Waals surface area contributed by atoms with Gasteiger partial charge in [0.25, 0.3) is 0 Å². The number of hydrogen-bond acceptors (Lipinski definition) is 1. The van der Waals surface area contributed by atoms with Gasteiger partial charge in [-0.1, -0.05) is 43.2 Å². The quantitative estimate of drug-likeness (QED) is 0.602. The molecule has 2 atom stereocenters. The van der Waals surface area contributed by atoms with Crippen molar-refractivity contribution in [2.75, 3.05) is 6.54 Å². The Kier molecular flexibility index (Phi) is 6.02. The van der Waals surface area contributed by atoms with Gasteiger partial charge in [0.2, 0.25) is 0 Å². The first-order valence-electron chi connectivity index (χ1n) is 7.27. The van der Waals surface area contributed by atoms with Gasteiger partial charge in [-0.25, -0.2) is 0 Å². The molecule has 2 rings (SSSR count). The Hall–Kier alpha value is -0.530. The van der Waals surface area contributed by atoms with E-state index in [0.29, 0.717) is 11.4 Å². The molecule has 2 unspecified atom stereocenters. The molecular weight excluding hydrogens is 242 g/mol. The number of nitrogens with one attached hydrogen (secondary N) is 1. The molecule has 1 saturated carbocycles. The van der Waals surface area contributed by atoms with Crippen molar-refractivity contribution in [3.05, 3.63) is 35.9 Å². The number of aryl methyl sites for hydroxylation is 1. The molecule has 0 spiro atoms. The van der Waals surface area contributed by atoms with Crippen LogP contribution in [0.1, 0.15) is 44.1 Å². The first kappa shape index (κ1) is 13.9. The first-order chi connectivity index (χ1) is 8.86. The molecular formula is C16H24ClN. The number of rotatable bonds is 6. The van der Waals surface area contributed by atoms with Gasteiger partial charge in [0, 0.05) is 11.4 Å².